The number of nitrogens with zero attached hydrogens (tertiary/aromatic N) is 6. The van der Waals surface area contributed by atoms with Gasteiger partial charge in [-0.15, -0.1) is 0 Å². The van der Waals surface area contributed by atoms with Gasteiger partial charge in [0.25, 0.3) is 0 Å². The fourth-order valence-electron chi connectivity index (χ4n) is 6.39. The minimum Gasteiger partial charge on any atom is -0.492 e. The lowest BCUT2D eigenvalue weighted by Gasteiger charge is -2.42. The van der Waals surface area contributed by atoms with Crippen molar-refractivity contribution in [3.8, 4) is 22.9 Å². The van der Waals surface area contributed by atoms with Crippen LogP contribution in [0.4, 0.5) is 5.82 Å². The number of hydrogen-bond acceptors (Lipinski definition) is 9. The number of nitrogens with one attached hydrogen (secondary N) is 1. The van der Waals surface area contributed by atoms with Crippen LogP contribution in [0.15, 0.2) is 61.2 Å². The number of fused-ring (bicyclic) bond motifs is 1. The third-order valence-electron chi connectivity index (χ3n) is 8.54. The first-order chi connectivity index (χ1) is 21.1. The molecule has 4 aromatic rings. The number of ketones is 1. The van der Waals surface area contributed by atoms with Crippen LogP contribution in [0.25, 0.3) is 16.6 Å². The summed E-state index contributed by atoms with van der Waals surface area (Å²) in [5.41, 5.74) is 3.85. The van der Waals surface area contributed by atoms with Crippen molar-refractivity contribution in [1.82, 2.24) is 24.9 Å². The fourth-order valence-corrected chi connectivity index (χ4v) is 6.39. The molecule has 0 aliphatic carbocycles. The quantitative estimate of drug-likeness (QED) is 0.295. The Bertz CT molecular complexity index is 1580. The van der Waals surface area contributed by atoms with Crippen molar-refractivity contribution in [2.45, 2.75) is 45.1 Å². The predicted molar refractivity (Wildman–Crippen MR) is 163 cm³/mol. The van der Waals surface area contributed by atoms with Crippen molar-refractivity contribution in [3.63, 3.8) is 0 Å². The Hall–Kier alpha value is -4.33. The molecule has 6 rings (SSSR count). The molecule has 2 aliphatic heterocycles. The molecule has 0 spiro atoms. The van der Waals surface area contributed by atoms with E-state index in [4.69, 9.17) is 14.5 Å². The fraction of sp³-hybridized carbons (Fsp3) is 0.424. The first-order valence-corrected chi connectivity index (χ1v) is 15.1. The zero-order chi connectivity index (χ0) is 29.6. The van der Waals surface area contributed by atoms with Crippen molar-refractivity contribution >= 4 is 17.1 Å². The van der Waals surface area contributed by atoms with E-state index < -0.39 is 0 Å². The van der Waals surface area contributed by atoms with Crippen LogP contribution in [0.5, 0.6) is 5.75 Å². The largest absolute Gasteiger partial charge is 0.492 e. The molecule has 2 aliphatic rings. The molecule has 0 bridgehead atoms. The summed E-state index contributed by atoms with van der Waals surface area (Å²) in [4.78, 5) is 25.0. The van der Waals surface area contributed by atoms with Gasteiger partial charge in [-0.25, -0.2) is 9.50 Å². The molecule has 43 heavy (non-hydrogen) atoms. The summed E-state index contributed by atoms with van der Waals surface area (Å²) in [6.07, 6.45) is 10.5. The number of carbonyl (C=O) groups excluding carboxylic acids is 1. The molecular formula is C33H37N7O3. The second-order valence-corrected chi connectivity index (χ2v) is 11.5. The highest BCUT2D eigenvalue weighted by atomic mass is 16.5. The molecular weight excluding hydrogens is 542 g/mol. The highest BCUT2D eigenvalue weighted by Crippen LogP contribution is 2.40. The lowest BCUT2D eigenvalue weighted by Crippen LogP contribution is -2.44. The van der Waals surface area contributed by atoms with Crippen LogP contribution in [0.2, 0.25) is 0 Å². The van der Waals surface area contributed by atoms with Gasteiger partial charge in [-0.3, -0.25) is 9.78 Å². The smallest absolute Gasteiger partial charge is 0.138 e. The molecule has 0 radical (unpaired) electrons. The third kappa shape index (κ3) is 6.53. The predicted octanol–water partition coefficient (Wildman–Crippen LogP) is 4.23. The summed E-state index contributed by atoms with van der Waals surface area (Å²) in [5.74, 6) is 1.84. The molecule has 0 amide bonds. The van der Waals surface area contributed by atoms with Crippen LogP contribution >= 0.6 is 0 Å². The van der Waals surface area contributed by atoms with Gasteiger partial charge in [-0.2, -0.15) is 10.4 Å². The zero-order valence-electron chi connectivity index (χ0n) is 24.5. The normalized spacial score (nSPS) is 18.3. The Morgan fingerprint density at radius 2 is 2.09 bits per heavy atom. The van der Waals surface area contributed by atoms with Gasteiger partial charge in [0.15, 0.2) is 0 Å². The summed E-state index contributed by atoms with van der Waals surface area (Å²) < 4.78 is 13.3. The van der Waals surface area contributed by atoms with Gasteiger partial charge < -0.3 is 19.7 Å². The maximum absolute atomic E-state index is 13.3. The summed E-state index contributed by atoms with van der Waals surface area (Å²) >= 11 is 0. The number of carbonyl (C=O) groups is 1. The van der Waals surface area contributed by atoms with Gasteiger partial charge in [-0.1, -0.05) is 6.07 Å². The van der Waals surface area contributed by atoms with Crippen LogP contribution in [0.1, 0.15) is 43.9 Å². The van der Waals surface area contributed by atoms with Gasteiger partial charge in [0.2, 0.25) is 0 Å². The molecule has 2 fully saturated rings. The molecule has 2 saturated heterocycles. The number of anilines is 1. The van der Waals surface area contributed by atoms with Crippen LogP contribution in [0, 0.1) is 16.7 Å². The molecule has 222 valence electrons. The van der Waals surface area contributed by atoms with Crippen molar-refractivity contribution in [2.24, 2.45) is 5.41 Å². The molecule has 0 saturated carbocycles. The van der Waals surface area contributed by atoms with E-state index in [1.165, 1.54) is 0 Å². The van der Waals surface area contributed by atoms with Gasteiger partial charge in [-0.05, 0) is 61.9 Å². The van der Waals surface area contributed by atoms with E-state index >= 15 is 0 Å². The van der Waals surface area contributed by atoms with Crippen LogP contribution in [-0.4, -0.2) is 70.9 Å². The number of hydrogen-bond donors (Lipinski definition) is 1. The molecule has 10 nitrogen and oxygen atoms in total. The zero-order valence-corrected chi connectivity index (χ0v) is 24.5. The first-order valence-electron chi connectivity index (χ1n) is 15.1. The summed E-state index contributed by atoms with van der Waals surface area (Å²) in [6, 6.07) is 14.3. The SMILES string of the molecule is CCOc1cc(-c2ccc(N3CCC(CC(=O)CC4CNCCO4)(Cc4ccccn4)CC3)nc2)c2c(C#N)cnn2c1. The second kappa shape index (κ2) is 12.9. The van der Waals surface area contributed by atoms with Crippen molar-refractivity contribution in [3.05, 3.63) is 72.4 Å². The molecule has 1 N–H and O–H groups in total. The van der Waals surface area contributed by atoms with Crippen LogP contribution in [-0.2, 0) is 16.0 Å². The minimum absolute atomic E-state index is 0.0433. The standard InChI is InChI=1S/C33H37N7O3/c1-2-42-29-16-30(32-25(19-34)21-38-40(32)23-29)24-6-7-31(37-20-24)39-12-8-33(9-13-39,17-26-5-3-4-10-36-26)18-27(41)15-28-22-35-11-14-43-28/h3-7,10,16,20-21,23,28,35H,2,8-9,11-15,17-18,22H2,1H3. The third-order valence-corrected chi connectivity index (χ3v) is 8.54. The average Bonchev–Trinajstić information content (AvgIpc) is 3.45. The van der Waals surface area contributed by atoms with Gasteiger partial charge in [0.1, 0.15) is 23.4 Å². The van der Waals surface area contributed by atoms with Crippen LogP contribution < -0.4 is 15.0 Å². The number of Topliss-reactive ketones (excluding diaryl/α,β-unsaturated/α-hetero) is 1. The highest BCUT2D eigenvalue weighted by molar-refractivity contribution is 5.85. The number of morpholine rings is 1. The van der Waals surface area contributed by atoms with Crippen molar-refractivity contribution < 1.29 is 14.3 Å². The molecule has 1 unspecified atom stereocenters. The van der Waals surface area contributed by atoms with Gasteiger partial charge >= 0.3 is 0 Å². The molecule has 4 aromatic heterocycles. The van der Waals surface area contributed by atoms with Gasteiger partial charge in [0.05, 0.1) is 42.8 Å². The Kier molecular flexibility index (Phi) is 8.63. The lowest BCUT2D eigenvalue weighted by molar-refractivity contribution is -0.125. The van der Waals surface area contributed by atoms with Crippen molar-refractivity contribution in [2.75, 3.05) is 44.3 Å². The average molecular weight is 580 g/mol. The van der Waals surface area contributed by atoms with Crippen molar-refractivity contribution in [1.29, 1.82) is 5.26 Å². The van der Waals surface area contributed by atoms with Gasteiger partial charge in [0, 0.05) is 68.2 Å². The molecule has 6 heterocycles. The maximum Gasteiger partial charge on any atom is 0.138 e. The Labute approximate surface area is 251 Å². The molecule has 10 heteroatoms. The van der Waals surface area contributed by atoms with E-state index in [0.29, 0.717) is 37.4 Å². The highest BCUT2D eigenvalue weighted by Gasteiger charge is 2.38. The van der Waals surface area contributed by atoms with E-state index in [1.54, 1.807) is 16.9 Å². The molecule has 0 aromatic carbocycles. The summed E-state index contributed by atoms with van der Waals surface area (Å²) in [7, 11) is 0. The van der Waals surface area contributed by atoms with E-state index in [9.17, 15) is 10.1 Å². The number of nitriles is 1. The monoisotopic (exact) mass is 579 g/mol. The summed E-state index contributed by atoms with van der Waals surface area (Å²) in [5, 5.41) is 17.3. The summed E-state index contributed by atoms with van der Waals surface area (Å²) in [6.45, 7) is 6.30. The van der Waals surface area contributed by atoms with Crippen LogP contribution in [0.3, 0.4) is 0 Å². The van der Waals surface area contributed by atoms with E-state index in [1.807, 2.05) is 49.6 Å². The Balaban J connectivity index is 1.19. The number of aromatic nitrogens is 4. The van der Waals surface area contributed by atoms with E-state index in [0.717, 1.165) is 73.6 Å². The number of rotatable bonds is 10. The van der Waals surface area contributed by atoms with E-state index in [-0.39, 0.29) is 17.3 Å². The first kappa shape index (κ1) is 28.8. The minimum atomic E-state index is -0.148. The number of ether oxygens (including phenoxy) is 2. The number of pyridine rings is 3. The second-order valence-electron chi connectivity index (χ2n) is 11.5. The lowest BCUT2D eigenvalue weighted by atomic mass is 9.70. The Morgan fingerprint density at radius 1 is 1.21 bits per heavy atom. The molecule has 1 atom stereocenters. The topological polar surface area (TPSA) is 118 Å². The maximum atomic E-state index is 13.3. The van der Waals surface area contributed by atoms with E-state index in [2.05, 4.69) is 32.4 Å². The Morgan fingerprint density at radius 3 is 2.79 bits per heavy atom. The number of piperidine rings is 1.